The van der Waals surface area contributed by atoms with Crippen molar-refractivity contribution in [1.29, 1.82) is 0 Å². The zero-order chi connectivity index (χ0) is 9.26. The molecule has 0 N–H and O–H groups in total. The lowest BCUT2D eigenvalue weighted by molar-refractivity contribution is -0.116. The van der Waals surface area contributed by atoms with E-state index in [0.717, 1.165) is 11.4 Å². The van der Waals surface area contributed by atoms with Crippen LogP contribution in [0.3, 0.4) is 0 Å². The van der Waals surface area contributed by atoms with Crippen LogP contribution in [-0.4, -0.2) is 5.91 Å². The molecule has 1 heterocycles. The van der Waals surface area contributed by atoms with Crippen molar-refractivity contribution >= 4 is 11.6 Å². The summed E-state index contributed by atoms with van der Waals surface area (Å²) in [5.74, 6) is 0.156. The Balaban J connectivity index is 2.36. The van der Waals surface area contributed by atoms with Gasteiger partial charge in [0.2, 0.25) is 5.91 Å². The summed E-state index contributed by atoms with van der Waals surface area (Å²) in [5, 5.41) is 0. The second kappa shape index (κ2) is 3.05. The highest BCUT2D eigenvalue weighted by atomic mass is 16.2. The molecule has 1 amide bonds. The molecule has 0 radical (unpaired) electrons. The number of amides is 1. The largest absolute Gasteiger partial charge is 0.285 e. The normalized spacial score (nSPS) is 16.2. The SMILES string of the molecule is CC1=CCC(=O)N1c1ccccc1. The Morgan fingerprint density at radius 1 is 1.23 bits per heavy atom. The average molecular weight is 173 g/mol. The standard InChI is InChI=1S/C11H11NO/c1-9-7-8-11(13)12(9)10-5-3-2-4-6-10/h2-7H,8H2,1H3. The lowest BCUT2D eigenvalue weighted by atomic mass is 10.3. The molecule has 0 fully saturated rings. The fourth-order valence-electron chi connectivity index (χ4n) is 1.54. The van der Waals surface area contributed by atoms with Gasteiger partial charge in [-0.1, -0.05) is 24.3 Å². The highest BCUT2D eigenvalue weighted by Crippen LogP contribution is 2.24. The summed E-state index contributed by atoms with van der Waals surface area (Å²) >= 11 is 0. The second-order valence-corrected chi connectivity index (χ2v) is 3.11. The summed E-state index contributed by atoms with van der Waals surface area (Å²) in [5.41, 5.74) is 1.98. The summed E-state index contributed by atoms with van der Waals surface area (Å²) in [6, 6.07) is 9.71. The number of hydrogen-bond donors (Lipinski definition) is 0. The molecular weight excluding hydrogens is 162 g/mol. The third kappa shape index (κ3) is 1.35. The number of carbonyl (C=O) groups is 1. The Bertz CT molecular complexity index is 354. The predicted molar refractivity (Wildman–Crippen MR) is 52.3 cm³/mol. The molecule has 1 aromatic carbocycles. The average Bonchev–Trinajstić information content (AvgIpc) is 2.48. The highest BCUT2D eigenvalue weighted by molar-refractivity contribution is 5.99. The third-order valence-electron chi connectivity index (χ3n) is 2.19. The van der Waals surface area contributed by atoms with E-state index in [4.69, 9.17) is 0 Å². The molecular formula is C11H11NO. The van der Waals surface area contributed by atoms with Crippen LogP contribution in [0.2, 0.25) is 0 Å². The summed E-state index contributed by atoms with van der Waals surface area (Å²) in [7, 11) is 0. The minimum absolute atomic E-state index is 0.156. The Hall–Kier alpha value is -1.57. The molecule has 0 bridgehead atoms. The number of benzene rings is 1. The zero-order valence-electron chi connectivity index (χ0n) is 7.53. The maximum Gasteiger partial charge on any atom is 0.235 e. The third-order valence-corrected chi connectivity index (χ3v) is 2.19. The molecule has 2 rings (SSSR count). The molecule has 0 saturated carbocycles. The van der Waals surface area contributed by atoms with E-state index >= 15 is 0 Å². The van der Waals surface area contributed by atoms with Gasteiger partial charge in [0.1, 0.15) is 0 Å². The van der Waals surface area contributed by atoms with E-state index in [1.54, 1.807) is 4.90 Å². The van der Waals surface area contributed by atoms with Gasteiger partial charge in [0.25, 0.3) is 0 Å². The van der Waals surface area contributed by atoms with E-state index in [1.165, 1.54) is 0 Å². The van der Waals surface area contributed by atoms with Gasteiger partial charge in [-0.15, -0.1) is 0 Å². The first kappa shape index (κ1) is 8.05. The van der Waals surface area contributed by atoms with Crippen molar-refractivity contribution in [2.24, 2.45) is 0 Å². The van der Waals surface area contributed by atoms with Gasteiger partial charge in [0.15, 0.2) is 0 Å². The fourth-order valence-corrected chi connectivity index (χ4v) is 1.54. The smallest absolute Gasteiger partial charge is 0.235 e. The Morgan fingerprint density at radius 2 is 1.92 bits per heavy atom. The van der Waals surface area contributed by atoms with E-state index in [1.807, 2.05) is 43.3 Å². The molecule has 13 heavy (non-hydrogen) atoms. The zero-order valence-corrected chi connectivity index (χ0v) is 7.53. The van der Waals surface area contributed by atoms with Crippen LogP contribution in [-0.2, 0) is 4.79 Å². The van der Waals surface area contributed by atoms with Crippen molar-refractivity contribution in [3.05, 3.63) is 42.1 Å². The molecule has 66 valence electrons. The van der Waals surface area contributed by atoms with Crippen molar-refractivity contribution in [2.45, 2.75) is 13.3 Å². The van der Waals surface area contributed by atoms with Gasteiger partial charge >= 0.3 is 0 Å². The molecule has 0 aromatic heterocycles. The number of allylic oxidation sites excluding steroid dienone is 1. The van der Waals surface area contributed by atoms with Gasteiger partial charge in [0.05, 0.1) is 0 Å². The Kier molecular flexibility index (Phi) is 1.89. The van der Waals surface area contributed by atoms with Gasteiger partial charge < -0.3 is 0 Å². The predicted octanol–water partition coefficient (Wildman–Crippen LogP) is 2.33. The van der Waals surface area contributed by atoms with Crippen LogP contribution < -0.4 is 4.90 Å². The summed E-state index contributed by atoms with van der Waals surface area (Å²) in [6.07, 6.45) is 2.48. The fraction of sp³-hybridized carbons (Fsp3) is 0.182. The lowest BCUT2D eigenvalue weighted by Crippen LogP contribution is -2.23. The quantitative estimate of drug-likeness (QED) is 0.638. The van der Waals surface area contributed by atoms with E-state index < -0.39 is 0 Å². The van der Waals surface area contributed by atoms with Crippen LogP contribution in [0.5, 0.6) is 0 Å². The van der Waals surface area contributed by atoms with Crippen LogP contribution in [0.1, 0.15) is 13.3 Å². The monoisotopic (exact) mass is 173 g/mol. The van der Waals surface area contributed by atoms with Crippen molar-refractivity contribution in [3.63, 3.8) is 0 Å². The maximum absolute atomic E-state index is 11.5. The van der Waals surface area contributed by atoms with Crippen LogP contribution in [0.25, 0.3) is 0 Å². The van der Waals surface area contributed by atoms with Gasteiger partial charge in [-0.2, -0.15) is 0 Å². The molecule has 0 atom stereocenters. The summed E-state index contributed by atoms with van der Waals surface area (Å²) < 4.78 is 0. The first-order valence-corrected chi connectivity index (χ1v) is 4.34. The molecule has 2 nitrogen and oxygen atoms in total. The molecule has 0 aliphatic carbocycles. The van der Waals surface area contributed by atoms with Crippen molar-refractivity contribution in [2.75, 3.05) is 4.90 Å². The van der Waals surface area contributed by atoms with E-state index in [2.05, 4.69) is 0 Å². The number of hydrogen-bond acceptors (Lipinski definition) is 1. The highest BCUT2D eigenvalue weighted by Gasteiger charge is 2.21. The Labute approximate surface area is 77.5 Å². The molecule has 0 saturated heterocycles. The summed E-state index contributed by atoms with van der Waals surface area (Å²) in [4.78, 5) is 13.2. The van der Waals surface area contributed by atoms with Gasteiger partial charge in [-0.05, 0) is 19.1 Å². The van der Waals surface area contributed by atoms with E-state index in [-0.39, 0.29) is 5.91 Å². The summed E-state index contributed by atoms with van der Waals surface area (Å²) in [6.45, 7) is 1.96. The van der Waals surface area contributed by atoms with E-state index in [9.17, 15) is 4.79 Å². The number of rotatable bonds is 1. The van der Waals surface area contributed by atoms with Crippen LogP contribution in [0.15, 0.2) is 42.1 Å². The van der Waals surface area contributed by atoms with Crippen molar-refractivity contribution in [1.82, 2.24) is 0 Å². The number of carbonyl (C=O) groups excluding carboxylic acids is 1. The van der Waals surface area contributed by atoms with Gasteiger partial charge in [0, 0.05) is 17.8 Å². The second-order valence-electron chi connectivity index (χ2n) is 3.11. The van der Waals surface area contributed by atoms with Crippen molar-refractivity contribution in [3.8, 4) is 0 Å². The van der Waals surface area contributed by atoms with Gasteiger partial charge in [-0.3, -0.25) is 9.69 Å². The van der Waals surface area contributed by atoms with E-state index in [0.29, 0.717) is 6.42 Å². The number of nitrogens with zero attached hydrogens (tertiary/aromatic N) is 1. The minimum Gasteiger partial charge on any atom is -0.285 e. The molecule has 0 spiro atoms. The first-order chi connectivity index (χ1) is 6.29. The van der Waals surface area contributed by atoms with Crippen LogP contribution in [0.4, 0.5) is 5.69 Å². The molecule has 1 aliphatic rings. The molecule has 1 aliphatic heterocycles. The maximum atomic E-state index is 11.5. The van der Waals surface area contributed by atoms with Crippen molar-refractivity contribution < 1.29 is 4.79 Å². The number of anilines is 1. The topological polar surface area (TPSA) is 20.3 Å². The number of para-hydroxylation sites is 1. The molecule has 2 heteroatoms. The molecule has 0 unspecified atom stereocenters. The first-order valence-electron chi connectivity index (χ1n) is 4.34. The van der Waals surface area contributed by atoms with Crippen LogP contribution in [0, 0.1) is 0 Å². The van der Waals surface area contributed by atoms with Gasteiger partial charge in [-0.25, -0.2) is 0 Å². The Morgan fingerprint density at radius 3 is 2.46 bits per heavy atom. The minimum atomic E-state index is 0.156. The lowest BCUT2D eigenvalue weighted by Gasteiger charge is -2.17. The molecule has 1 aromatic rings. The van der Waals surface area contributed by atoms with Crippen LogP contribution >= 0.6 is 0 Å².